The summed E-state index contributed by atoms with van der Waals surface area (Å²) in [6.45, 7) is 13.1. The summed E-state index contributed by atoms with van der Waals surface area (Å²) in [5.74, 6) is 2.11. The Bertz CT molecular complexity index is 703. The molecule has 3 fully saturated rings. The number of aliphatic hydroxyl groups excluding tert-OH is 2. The van der Waals surface area contributed by atoms with Crippen LogP contribution in [0.2, 0.25) is 0 Å². The minimum atomic E-state index is -0.616. The molecular formula is C28H46O3. The van der Waals surface area contributed by atoms with Crippen LogP contribution in [0.25, 0.3) is 0 Å². The third kappa shape index (κ3) is 5.54. The van der Waals surface area contributed by atoms with Crippen molar-refractivity contribution < 1.29 is 15.3 Å². The highest BCUT2D eigenvalue weighted by molar-refractivity contribution is 5.38. The fraction of sp³-hybridized carbons (Fsp3) is 0.786. The summed E-state index contributed by atoms with van der Waals surface area (Å²) in [5, 5.41) is 30.5. The number of aliphatic hydroxyl groups is 3. The molecule has 3 aliphatic rings. The van der Waals surface area contributed by atoms with Crippen molar-refractivity contribution in [1.82, 2.24) is 0 Å². The van der Waals surface area contributed by atoms with Crippen molar-refractivity contribution in [3.8, 4) is 0 Å². The molecule has 0 aromatic carbocycles. The highest BCUT2D eigenvalue weighted by Gasteiger charge is 2.50. The first-order chi connectivity index (χ1) is 14.6. The van der Waals surface area contributed by atoms with Gasteiger partial charge in [0.15, 0.2) is 0 Å². The molecule has 3 heteroatoms. The monoisotopic (exact) mass is 430 g/mol. The lowest BCUT2D eigenvalue weighted by Gasteiger charge is -2.44. The molecule has 3 rings (SSSR count). The summed E-state index contributed by atoms with van der Waals surface area (Å²) >= 11 is 0. The van der Waals surface area contributed by atoms with Crippen molar-refractivity contribution >= 4 is 0 Å². The van der Waals surface area contributed by atoms with Crippen LogP contribution in [0.1, 0.15) is 98.3 Å². The van der Waals surface area contributed by atoms with Crippen LogP contribution in [0.4, 0.5) is 0 Å². The van der Waals surface area contributed by atoms with Gasteiger partial charge in [0, 0.05) is 6.42 Å². The molecular weight excluding hydrogens is 384 g/mol. The highest BCUT2D eigenvalue weighted by Crippen LogP contribution is 2.60. The van der Waals surface area contributed by atoms with E-state index in [1.165, 1.54) is 38.5 Å². The quantitative estimate of drug-likeness (QED) is 0.458. The van der Waals surface area contributed by atoms with Crippen LogP contribution < -0.4 is 0 Å². The standard InChI is InChI=1S/C28H46O3/c1-6-27(4,31)15-7-9-19(2)24-13-14-25-21(10-8-16-28(24,25)5)11-12-22-17-23(29)18-26(30)20(22)3/h11-12,19,23-26,29-31H,3,6-10,13-18H2,1-2,4-5H3/b21-11+,22-12-/t19-,23+,24+,25-,26-,27?,28+/m0/s1. The molecule has 0 bridgehead atoms. The molecule has 3 aliphatic carbocycles. The molecule has 0 spiro atoms. The maximum Gasteiger partial charge on any atom is 0.0811 e. The minimum Gasteiger partial charge on any atom is -0.393 e. The van der Waals surface area contributed by atoms with E-state index in [0.29, 0.717) is 30.1 Å². The fourth-order valence-corrected chi connectivity index (χ4v) is 6.86. The Balaban J connectivity index is 1.68. The van der Waals surface area contributed by atoms with Gasteiger partial charge in [-0.15, -0.1) is 0 Å². The number of hydrogen-bond donors (Lipinski definition) is 3. The van der Waals surface area contributed by atoms with Crippen molar-refractivity contribution in [3.63, 3.8) is 0 Å². The molecule has 0 saturated heterocycles. The van der Waals surface area contributed by atoms with Crippen molar-refractivity contribution in [3.05, 3.63) is 35.5 Å². The van der Waals surface area contributed by atoms with E-state index in [2.05, 4.69) is 39.5 Å². The topological polar surface area (TPSA) is 60.7 Å². The van der Waals surface area contributed by atoms with E-state index in [-0.39, 0.29) is 0 Å². The molecule has 0 amide bonds. The number of allylic oxidation sites excluding steroid dienone is 3. The van der Waals surface area contributed by atoms with Crippen LogP contribution in [0.5, 0.6) is 0 Å². The van der Waals surface area contributed by atoms with Crippen molar-refractivity contribution in [1.29, 1.82) is 0 Å². The van der Waals surface area contributed by atoms with Gasteiger partial charge >= 0.3 is 0 Å². The lowest BCUT2D eigenvalue weighted by atomic mass is 9.60. The van der Waals surface area contributed by atoms with E-state index in [1.807, 2.05) is 6.92 Å². The largest absolute Gasteiger partial charge is 0.393 e. The van der Waals surface area contributed by atoms with E-state index < -0.39 is 17.8 Å². The summed E-state index contributed by atoms with van der Waals surface area (Å²) in [6.07, 6.45) is 14.7. The molecule has 176 valence electrons. The summed E-state index contributed by atoms with van der Waals surface area (Å²) in [6, 6.07) is 0. The zero-order valence-corrected chi connectivity index (χ0v) is 20.4. The van der Waals surface area contributed by atoms with Crippen LogP contribution in [0, 0.1) is 23.2 Å². The van der Waals surface area contributed by atoms with Crippen LogP contribution in [0.3, 0.4) is 0 Å². The Labute approximate surface area is 190 Å². The van der Waals surface area contributed by atoms with Crippen LogP contribution in [-0.4, -0.2) is 33.1 Å². The van der Waals surface area contributed by atoms with E-state index in [1.54, 1.807) is 5.57 Å². The fourth-order valence-electron chi connectivity index (χ4n) is 6.86. The highest BCUT2D eigenvalue weighted by atomic mass is 16.3. The Morgan fingerprint density at radius 1 is 1.26 bits per heavy atom. The van der Waals surface area contributed by atoms with E-state index in [9.17, 15) is 15.3 Å². The van der Waals surface area contributed by atoms with E-state index >= 15 is 0 Å². The Hall–Kier alpha value is -0.900. The molecule has 0 aromatic heterocycles. The number of fused-ring (bicyclic) bond motifs is 1. The first-order valence-electron chi connectivity index (χ1n) is 12.7. The lowest BCUT2D eigenvalue weighted by Crippen LogP contribution is -2.36. The third-order valence-corrected chi connectivity index (χ3v) is 9.13. The Morgan fingerprint density at radius 2 is 2.00 bits per heavy atom. The molecule has 3 saturated carbocycles. The van der Waals surface area contributed by atoms with Gasteiger partial charge in [-0.1, -0.05) is 57.9 Å². The summed E-state index contributed by atoms with van der Waals surface area (Å²) in [7, 11) is 0. The van der Waals surface area contributed by atoms with E-state index in [4.69, 9.17) is 0 Å². The predicted octanol–water partition coefficient (Wildman–Crippen LogP) is 6.09. The molecule has 7 atom stereocenters. The molecule has 1 unspecified atom stereocenters. The molecule has 3 nitrogen and oxygen atoms in total. The summed E-state index contributed by atoms with van der Waals surface area (Å²) in [4.78, 5) is 0. The molecule has 0 aromatic rings. The maximum absolute atomic E-state index is 10.3. The predicted molar refractivity (Wildman–Crippen MR) is 129 cm³/mol. The van der Waals surface area contributed by atoms with Gasteiger partial charge in [0.1, 0.15) is 0 Å². The van der Waals surface area contributed by atoms with Gasteiger partial charge in [-0.3, -0.25) is 0 Å². The first kappa shape index (κ1) is 24.7. The van der Waals surface area contributed by atoms with Crippen LogP contribution in [-0.2, 0) is 0 Å². The minimum absolute atomic E-state index is 0.373. The van der Waals surface area contributed by atoms with Gasteiger partial charge < -0.3 is 15.3 Å². The zero-order valence-electron chi connectivity index (χ0n) is 20.4. The lowest BCUT2D eigenvalue weighted by molar-refractivity contribution is 0.0393. The van der Waals surface area contributed by atoms with Crippen molar-refractivity contribution in [2.45, 2.75) is 116 Å². The zero-order chi connectivity index (χ0) is 22.8. The average molecular weight is 431 g/mol. The first-order valence-corrected chi connectivity index (χ1v) is 12.7. The van der Waals surface area contributed by atoms with Crippen molar-refractivity contribution in [2.75, 3.05) is 0 Å². The second-order valence-electron chi connectivity index (χ2n) is 11.4. The van der Waals surface area contributed by atoms with E-state index in [0.717, 1.165) is 36.3 Å². The van der Waals surface area contributed by atoms with Gasteiger partial charge in [-0.2, -0.15) is 0 Å². The second kappa shape index (κ2) is 9.93. The molecule has 0 aliphatic heterocycles. The molecule has 0 heterocycles. The molecule has 31 heavy (non-hydrogen) atoms. The number of rotatable bonds is 7. The van der Waals surface area contributed by atoms with Crippen molar-refractivity contribution in [2.24, 2.45) is 23.2 Å². The van der Waals surface area contributed by atoms with Crippen LogP contribution in [0.15, 0.2) is 35.5 Å². The number of hydrogen-bond acceptors (Lipinski definition) is 3. The average Bonchev–Trinajstić information content (AvgIpc) is 3.07. The molecule has 0 radical (unpaired) electrons. The summed E-state index contributed by atoms with van der Waals surface area (Å²) < 4.78 is 0. The van der Waals surface area contributed by atoms with Gasteiger partial charge in [0.2, 0.25) is 0 Å². The normalized spacial score (nSPS) is 39.5. The van der Waals surface area contributed by atoms with Crippen LogP contribution >= 0.6 is 0 Å². The smallest absolute Gasteiger partial charge is 0.0811 e. The Morgan fingerprint density at radius 3 is 2.71 bits per heavy atom. The summed E-state index contributed by atoms with van der Waals surface area (Å²) in [5.41, 5.74) is 3.21. The molecule has 3 N–H and O–H groups in total. The Kier molecular flexibility index (Phi) is 7.92. The third-order valence-electron chi connectivity index (χ3n) is 9.13. The van der Waals surface area contributed by atoms with Gasteiger partial charge in [-0.05, 0) is 92.6 Å². The van der Waals surface area contributed by atoms with Gasteiger partial charge in [0.05, 0.1) is 17.8 Å². The van der Waals surface area contributed by atoms with Gasteiger partial charge in [0.25, 0.3) is 0 Å². The van der Waals surface area contributed by atoms with Gasteiger partial charge in [-0.25, -0.2) is 0 Å². The second-order valence-corrected chi connectivity index (χ2v) is 11.4. The SMILES string of the molecule is C=C1/C(=C\C=C2/CCC[C@]3(C)[C@@H]([C@@H](C)CCCC(C)(O)CC)CC[C@@H]23)C[C@@H](O)C[C@@H]1O. The maximum atomic E-state index is 10.3.